The molecule has 1 fully saturated rings. The van der Waals surface area contributed by atoms with Gasteiger partial charge in [0.25, 0.3) is 0 Å². The van der Waals surface area contributed by atoms with Crippen LogP contribution in [0.25, 0.3) is 0 Å². The molecule has 1 saturated carbocycles. The fraction of sp³-hybridized carbons (Fsp3) is 0.867. The summed E-state index contributed by atoms with van der Waals surface area (Å²) >= 11 is 0. The SMILES string of the molecule is C=COCCCC1CCCC(C(C)(C)C)C1. The molecule has 1 nitrogen and oxygen atoms in total. The molecule has 1 aliphatic rings. The molecule has 0 radical (unpaired) electrons. The molecular formula is C15H28O. The highest BCUT2D eigenvalue weighted by atomic mass is 16.5. The van der Waals surface area contributed by atoms with Gasteiger partial charge in [-0.05, 0) is 42.9 Å². The van der Waals surface area contributed by atoms with Crippen LogP contribution in [0, 0.1) is 17.3 Å². The van der Waals surface area contributed by atoms with E-state index in [1.165, 1.54) is 38.5 Å². The average Bonchev–Trinajstić information content (AvgIpc) is 2.24. The van der Waals surface area contributed by atoms with Gasteiger partial charge in [0.15, 0.2) is 0 Å². The Morgan fingerprint density at radius 3 is 2.69 bits per heavy atom. The molecule has 16 heavy (non-hydrogen) atoms. The molecule has 0 spiro atoms. The van der Waals surface area contributed by atoms with Crippen LogP contribution in [0.15, 0.2) is 12.8 Å². The molecule has 0 saturated heterocycles. The fourth-order valence-electron chi connectivity index (χ4n) is 2.88. The van der Waals surface area contributed by atoms with Crippen LogP contribution >= 0.6 is 0 Å². The second-order valence-corrected chi connectivity index (χ2v) is 6.28. The van der Waals surface area contributed by atoms with Crippen LogP contribution in [0.2, 0.25) is 0 Å². The summed E-state index contributed by atoms with van der Waals surface area (Å²) in [5, 5.41) is 0. The fourth-order valence-corrected chi connectivity index (χ4v) is 2.88. The topological polar surface area (TPSA) is 9.23 Å². The van der Waals surface area contributed by atoms with Gasteiger partial charge in [0, 0.05) is 0 Å². The van der Waals surface area contributed by atoms with Gasteiger partial charge in [-0.25, -0.2) is 0 Å². The third kappa shape index (κ3) is 4.59. The minimum Gasteiger partial charge on any atom is -0.502 e. The van der Waals surface area contributed by atoms with Crippen LogP contribution in [0.3, 0.4) is 0 Å². The predicted molar refractivity (Wildman–Crippen MR) is 70.3 cm³/mol. The first-order valence-electron chi connectivity index (χ1n) is 6.76. The van der Waals surface area contributed by atoms with E-state index in [0.29, 0.717) is 5.41 Å². The average molecular weight is 224 g/mol. The zero-order valence-corrected chi connectivity index (χ0v) is 11.3. The molecular weight excluding hydrogens is 196 g/mol. The summed E-state index contributed by atoms with van der Waals surface area (Å²) in [7, 11) is 0. The van der Waals surface area contributed by atoms with Crippen molar-refractivity contribution in [2.75, 3.05) is 6.61 Å². The van der Waals surface area contributed by atoms with Gasteiger partial charge < -0.3 is 4.74 Å². The van der Waals surface area contributed by atoms with E-state index in [0.717, 1.165) is 18.4 Å². The lowest BCUT2D eigenvalue weighted by atomic mass is 9.68. The molecule has 1 aliphatic carbocycles. The highest BCUT2D eigenvalue weighted by molar-refractivity contribution is 4.81. The van der Waals surface area contributed by atoms with Crippen molar-refractivity contribution >= 4 is 0 Å². The second kappa shape index (κ2) is 6.32. The molecule has 0 bridgehead atoms. The van der Waals surface area contributed by atoms with Gasteiger partial charge in [0.2, 0.25) is 0 Å². The Labute approximate surface area is 101 Å². The largest absolute Gasteiger partial charge is 0.502 e. The van der Waals surface area contributed by atoms with E-state index in [4.69, 9.17) is 4.74 Å². The van der Waals surface area contributed by atoms with Crippen molar-refractivity contribution in [3.05, 3.63) is 12.8 Å². The Hall–Kier alpha value is -0.460. The van der Waals surface area contributed by atoms with Crippen molar-refractivity contribution in [3.8, 4) is 0 Å². The zero-order chi connectivity index (χ0) is 12.0. The summed E-state index contributed by atoms with van der Waals surface area (Å²) in [5.41, 5.74) is 0.496. The van der Waals surface area contributed by atoms with Gasteiger partial charge in [-0.3, -0.25) is 0 Å². The van der Waals surface area contributed by atoms with E-state index in [-0.39, 0.29) is 0 Å². The van der Waals surface area contributed by atoms with Crippen LogP contribution in [-0.2, 0) is 4.74 Å². The third-order valence-electron chi connectivity index (χ3n) is 4.00. The standard InChI is InChI=1S/C15H28O/c1-5-16-11-7-9-13-8-6-10-14(12-13)15(2,3)4/h5,13-14H,1,6-12H2,2-4H3. The third-order valence-corrected chi connectivity index (χ3v) is 4.00. The van der Waals surface area contributed by atoms with Crippen LogP contribution in [-0.4, -0.2) is 6.61 Å². The highest BCUT2D eigenvalue weighted by Gasteiger charge is 2.30. The van der Waals surface area contributed by atoms with Crippen LogP contribution < -0.4 is 0 Å². The molecule has 0 aromatic heterocycles. The number of hydrogen-bond donors (Lipinski definition) is 0. The van der Waals surface area contributed by atoms with Crippen molar-refractivity contribution in [1.29, 1.82) is 0 Å². The normalized spacial score (nSPS) is 26.4. The van der Waals surface area contributed by atoms with Crippen LogP contribution in [0.5, 0.6) is 0 Å². The molecule has 0 heterocycles. The first kappa shape index (κ1) is 13.6. The maximum absolute atomic E-state index is 5.18. The smallest absolute Gasteiger partial charge is 0.0873 e. The molecule has 2 unspecified atom stereocenters. The molecule has 1 rings (SSSR count). The molecule has 0 aromatic rings. The van der Waals surface area contributed by atoms with Gasteiger partial charge >= 0.3 is 0 Å². The molecule has 0 aliphatic heterocycles. The highest BCUT2D eigenvalue weighted by Crippen LogP contribution is 2.41. The summed E-state index contributed by atoms with van der Waals surface area (Å²) in [6.45, 7) is 11.6. The second-order valence-electron chi connectivity index (χ2n) is 6.28. The Morgan fingerprint density at radius 2 is 2.06 bits per heavy atom. The number of rotatable bonds is 5. The van der Waals surface area contributed by atoms with Gasteiger partial charge in [-0.1, -0.05) is 40.2 Å². The first-order chi connectivity index (χ1) is 7.54. The first-order valence-corrected chi connectivity index (χ1v) is 6.76. The van der Waals surface area contributed by atoms with Gasteiger partial charge in [0.05, 0.1) is 12.9 Å². The summed E-state index contributed by atoms with van der Waals surface area (Å²) < 4.78 is 5.18. The van der Waals surface area contributed by atoms with Crippen molar-refractivity contribution in [1.82, 2.24) is 0 Å². The van der Waals surface area contributed by atoms with Gasteiger partial charge in [-0.2, -0.15) is 0 Å². The number of ether oxygens (including phenoxy) is 1. The maximum atomic E-state index is 5.18. The molecule has 1 heteroatoms. The lowest BCUT2D eigenvalue weighted by Gasteiger charge is -2.37. The minimum atomic E-state index is 0.496. The Morgan fingerprint density at radius 1 is 1.31 bits per heavy atom. The molecule has 0 N–H and O–H groups in total. The quantitative estimate of drug-likeness (QED) is 0.482. The predicted octanol–water partition coefficient (Wildman–Crippen LogP) is 4.78. The van der Waals surface area contributed by atoms with E-state index in [1.54, 1.807) is 6.26 Å². The van der Waals surface area contributed by atoms with Gasteiger partial charge in [-0.15, -0.1) is 0 Å². The Kier molecular flexibility index (Phi) is 5.37. The summed E-state index contributed by atoms with van der Waals surface area (Å²) in [5.74, 6) is 1.86. The van der Waals surface area contributed by atoms with E-state index < -0.39 is 0 Å². The summed E-state index contributed by atoms with van der Waals surface area (Å²) in [6.07, 6.45) is 9.79. The van der Waals surface area contributed by atoms with Crippen molar-refractivity contribution in [3.63, 3.8) is 0 Å². The molecule has 0 amide bonds. The summed E-state index contributed by atoms with van der Waals surface area (Å²) in [6, 6.07) is 0. The Bertz CT molecular complexity index is 202. The monoisotopic (exact) mass is 224 g/mol. The van der Waals surface area contributed by atoms with Crippen molar-refractivity contribution < 1.29 is 4.74 Å². The van der Waals surface area contributed by atoms with Crippen LogP contribution in [0.1, 0.15) is 59.3 Å². The lowest BCUT2D eigenvalue weighted by molar-refractivity contribution is 0.130. The molecule has 94 valence electrons. The molecule has 0 aromatic carbocycles. The van der Waals surface area contributed by atoms with Gasteiger partial charge in [0.1, 0.15) is 0 Å². The number of hydrogen-bond acceptors (Lipinski definition) is 1. The van der Waals surface area contributed by atoms with E-state index in [9.17, 15) is 0 Å². The van der Waals surface area contributed by atoms with Crippen molar-refractivity contribution in [2.45, 2.75) is 59.3 Å². The lowest BCUT2D eigenvalue weighted by Crippen LogP contribution is -2.27. The molecule has 2 atom stereocenters. The summed E-state index contributed by atoms with van der Waals surface area (Å²) in [4.78, 5) is 0. The van der Waals surface area contributed by atoms with E-state index in [2.05, 4.69) is 27.4 Å². The minimum absolute atomic E-state index is 0.496. The van der Waals surface area contributed by atoms with E-state index >= 15 is 0 Å². The Balaban J connectivity index is 2.25. The maximum Gasteiger partial charge on any atom is 0.0873 e. The zero-order valence-electron chi connectivity index (χ0n) is 11.3. The van der Waals surface area contributed by atoms with E-state index in [1.807, 2.05) is 0 Å². The van der Waals surface area contributed by atoms with Crippen molar-refractivity contribution in [2.24, 2.45) is 17.3 Å². The van der Waals surface area contributed by atoms with Crippen LogP contribution in [0.4, 0.5) is 0 Å².